The fraction of sp³-hybridized carbons (Fsp3) is 0.400. The zero-order valence-corrected chi connectivity index (χ0v) is 14.7. The van der Waals surface area contributed by atoms with E-state index in [9.17, 15) is 35.6 Å². The topological polar surface area (TPSA) is 82.6 Å². The number of aromatic nitrogens is 1. The van der Waals surface area contributed by atoms with Crippen LogP contribution >= 0.6 is 0 Å². The molecule has 0 unspecified atom stereocenters. The summed E-state index contributed by atoms with van der Waals surface area (Å²) in [5.74, 6) is -5.71. The molecule has 0 N–H and O–H groups in total. The van der Waals surface area contributed by atoms with Gasteiger partial charge in [0, 0.05) is 6.54 Å². The van der Waals surface area contributed by atoms with Gasteiger partial charge in [-0.25, -0.2) is 8.42 Å². The van der Waals surface area contributed by atoms with Crippen LogP contribution in [0.25, 0.3) is 5.70 Å². The molecular formula is C15H14F5N2O4S-. The van der Waals surface area contributed by atoms with Crippen molar-refractivity contribution in [2.75, 3.05) is 18.9 Å². The molecule has 2 heterocycles. The maximum atomic E-state index is 12.9. The smallest absolute Gasteiger partial charge is 0.456 e. The number of rotatable bonds is 6. The van der Waals surface area contributed by atoms with E-state index in [0.717, 1.165) is 18.3 Å². The normalized spacial score (nSPS) is 16.0. The molecule has 0 radical (unpaired) electrons. The van der Waals surface area contributed by atoms with Gasteiger partial charge in [0.2, 0.25) is 0 Å². The molecule has 2 rings (SSSR count). The highest BCUT2D eigenvalue weighted by molar-refractivity contribution is 7.95. The number of hydroxylamine groups is 2. The number of hydrogen-bond donors (Lipinski definition) is 0. The predicted octanol–water partition coefficient (Wildman–Crippen LogP) is 3.13. The van der Waals surface area contributed by atoms with Crippen molar-refractivity contribution in [1.29, 1.82) is 0 Å². The minimum Gasteiger partial charge on any atom is -0.758 e. The molecule has 1 aliphatic heterocycles. The largest absolute Gasteiger partial charge is 0.758 e. The number of alkyl halides is 5. The molecule has 0 fully saturated rings. The second-order valence-electron chi connectivity index (χ2n) is 5.45. The average molecular weight is 413 g/mol. The van der Waals surface area contributed by atoms with Crippen LogP contribution in [0.1, 0.15) is 12.6 Å². The highest BCUT2D eigenvalue weighted by Crippen LogP contribution is 2.36. The molecule has 1 aliphatic rings. The van der Waals surface area contributed by atoms with Crippen molar-refractivity contribution in [2.45, 2.75) is 19.0 Å². The SMILES string of the molecule is CCS(=O)(=O)C1=C(c2ccc(OCC(F)(F)C(F)(F)F)cn2)N([O-])CC=C1. The third kappa shape index (κ3) is 4.56. The molecule has 0 aliphatic carbocycles. The highest BCUT2D eigenvalue weighted by atomic mass is 32.2. The van der Waals surface area contributed by atoms with Crippen LogP contribution in [-0.2, 0) is 9.84 Å². The monoisotopic (exact) mass is 413 g/mol. The maximum absolute atomic E-state index is 12.9. The van der Waals surface area contributed by atoms with Gasteiger partial charge >= 0.3 is 12.1 Å². The van der Waals surface area contributed by atoms with Crippen LogP contribution in [0.2, 0.25) is 0 Å². The minimum absolute atomic E-state index is 0.0868. The van der Waals surface area contributed by atoms with Crippen LogP contribution in [0.15, 0.2) is 35.4 Å². The summed E-state index contributed by atoms with van der Waals surface area (Å²) in [5, 5.41) is 12.5. The summed E-state index contributed by atoms with van der Waals surface area (Å²) in [6.07, 6.45) is -2.31. The van der Waals surface area contributed by atoms with Crippen LogP contribution in [0.4, 0.5) is 22.0 Å². The lowest BCUT2D eigenvalue weighted by atomic mass is 10.2. The summed E-state index contributed by atoms with van der Waals surface area (Å²) in [5.41, 5.74) is -0.331. The fourth-order valence-corrected chi connectivity index (χ4v) is 3.19. The summed E-state index contributed by atoms with van der Waals surface area (Å²) < 4.78 is 90.8. The molecule has 12 heteroatoms. The highest BCUT2D eigenvalue weighted by Gasteiger charge is 2.58. The van der Waals surface area contributed by atoms with Gasteiger partial charge in [-0.05, 0) is 18.2 Å². The standard InChI is InChI=1S/C15H14F5N2O4S/c1-2-27(24,25)12-4-3-7-22(23)13(12)11-6-5-10(8-21-11)26-9-14(16,17)15(18,19)20/h3-6,8H,2,7,9H2,1H3/q-1. The number of ether oxygens (including phenoxy) is 1. The van der Waals surface area contributed by atoms with Crippen molar-refractivity contribution in [3.63, 3.8) is 0 Å². The Kier molecular flexibility index (Phi) is 5.80. The van der Waals surface area contributed by atoms with Crippen molar-refractivity contribution < 1.29 is 35.1 Å². The molecular weight excluding hydrogens is 399 g/mol. The molecule has 0 amide bonds. The van der Waals surface area contributed by atoms with Gasteiger partial charge in [-0.3, -0.25) is 4.98 Å². The Morgan fingerprint density at radius 1 is 1.26 bits per heavy atom. The van der Waals surface area contributed by atoms with Crippen LogP contribution in [0, 0.1) is 5.21 Å². The number of sulfone groups is 1. The Bertz CT molecular complexity index is 848. The van der Waals surface area contributed by atoms with Gasteiger partial charge in [0.15, 0.2) is 16.4 Å². The van der Waals surface area contributed by atoms with Gasteiger partial charge in [0.25, 0.3) is 0 Å². The Hall–Kier alpha value is -2.21. The first-order valence-electron chi connectivity index (χ1n) is 7.51. The minimum atomic E-state index is -5.76. The van der Waals surface area contributed by atoms with E-state index in [1.165, 1.54) is 19.1 Å². The summed E-state index contributed by atoms with van der Waals surface area (Å²) in [6, 6.07) is 2.12. The number of halogens is 5. The van der Waals surface area contributed by atoms with E-state index in [4.69, 9.17) is 0 Å². The van der Waals surface area contributed by atoms with Crippen LogP contribution in [0.3, 0.4) is 0 Å². The summed E-state index contributed by atoms with van der Waals surface area (Å²) in [7, 11) is -3.75. The van der Waals surface area contributed by atoms with E-state index in [-0.39, 0.29) is 28.6 Å². The van der Waals surface area contributed by atoms with E-state index >= 15 is 0 Å². The Balaban J connectivity index is 2.29. The lowest BCUT2D eigenvalue weighted by Crippen LogP contribution is -2.41. The van der Waals surface area contributed by atoms with Crippen LogP contribution < -0.4 is 4.74 Å². The summed E-state index contributed by atoms with van der Waals surface area (Å²) >= 11 is 0. The first kappa shape index (κ1) is 21.1. The third-order valence-electron chi connectivity index (χ3n) is 3.55. The maximum Gasteiger partial charge on any atom is 0.456 e. The molecule has 1 aromatic rings. The van der Waals surface area contributed by atoms with Crippen molar-refractivity contribution in [3.8, 4) is 5.75 Å². The molecule has 0 saturated heterocycles. The van der Waals surface area contributed by atoms with Gasteiger partial charge < -0.3 is 15.0 Å². The summed E-state index contributed by atoms with van der Waals surface area (Å²) in [6.45, 7) is -0.676. The van der Waals surface area contributed by atoms with Crippen LogP contribution in [0.5, 0.6) is 5.75 Å². The average Bonchev–Trinajstić information content (AvgIpc) is 2.59. The van der Waals surface area contributed by atoms with Gasteiger partial charge in [0.1, 0.15) is 5.75 Å². The molecule has 0 atom stereocenters. The summed E-state index contributed by atoms with van der Waals surface area (Å²) in [4.78, 5) is 3.51. The Morgan fingerprint density at radius 2 is 1.93 bits per heavy atom. The van der Waals surface area contributed by atoms with Crippen molar-refractivity contribution >= 4 is 15.5 Å². The van der Waals surface area contributed by atoms with E-state index < -0.39 is 34.3 Å². The molecule has 0 spiro atoms. The zero-order valence-electron chi connectivity index (χ0n) is 13.8. The number of allylic oxidation sites excluding steroid dienone is 1. The lowest BCUT2D eigenvalue weighted by molar-refractivity contribution is -0.290. The second kappa shape index (κ2) is 7.43. The van der Waals surface area contributed by atoms with Gasteiger partial charge in [0.05, 0.1) is 28.2 Å². The van der Waals surface area contributed by atoms with E-state index in [1.54, 1.807) is 0 Å². The fourth-order valence-electron chi connectivity index (χ4n) is 2.07. The lowest BCUT2D eigenvalue weighted by Gasteiger charge is -2.35. The third-order valence-corrected chi connectivity index (χ3v) is 5.31. The first-order chi connectivity index (χ1) is 12.4. The van der Waals surface area contributed by atoms with Crippen LogP contribution in [-0.4, -0.2) is 49.5 Å². The zero-order chi connectivity index (χ0) is 20.5. The predicted molar refractivity (Wildman–Crippen MR) is 86.3 cm³/mol. The molecule has 27 heavy (non-hydrogen) atoms. The van der Waals surface area contributed by atoms with E-state index in [0.29, 0.717) is 5.06 Å². The first-order valence-corrected chi connectivity index (χ1v) is 9.16. The van der Waals surface area contributed by atoms with Gasteiger partial charge in [-0.1, -0.05) is 13.0 Å². The number of pyridine rings is 1. The molecule has 150 valence electrons. The molecule has 6 nitrogen and oxygen atoms in total. The molecule has 0 saturated carbocycles. The second-order valence-corrected chi connectivity index (χ2v) is 7.70. The molecule has 1 aromatic heterocycles. The van der Waals surface area contributed by atoms with Gasteiger partial charge in [-0.2, -0.15) is 22.0 Å². The van der Waals surface area contributed by atoms with E-state index in [2.05, 4.69) is 9.72 Å². The number of hydrogen-bond acceptors (Lipinski definition) is 6. The van der Waals surface area contributed by atoms with Gasteiger partial charge in [-0.15, -0.1) is 0 Å². The van der Waals surface area contributed by atoms with Crippen molar-refractivity contribution in [1.82, 2.24) is 10.0 Å². The molecule has 0 aromatic carbocycles. The molecule has 0 bridgehead atoms. The van der Waals surface area contributed by atoms with Crippen molar-refractivity contribution in [3.05, 3.63) is 46.3 Å². The van der Waals surface area contributed by atoms with E-state index in [1.807, 2.05) is 0 Å². The number of nitrogens with zero attached hydrogens (tertiary/aromatic N) is 2. The van der Waals surface area contributed by atoms with Crippen molar-refractivity contribution in [2.24, 2.45) is 0 Å². The quantitative estimate of drug-likeness (QED) is 0.667. The Morgan fingerprint density at radius 3 is 2.44 bits per heavy atom. The Labute approximate surface area is 151 Å².